The van der Waals surface area contributed by atoms with Crippen LogP contribution in [-0.2, 0) is 41.0 Å². The van der Waals surface area contributed by atoms with Gasteiger partial charge in [0.25, 0.3) is 0 Å². The Morgan fingerprint density at radius 1 is 1.00 bits per heavy atom. The number of rotatable bonds is 8. The Labute approximate surface area is 193 Å². The van der Waals surface area contributed by atoms with Gasteiger partial charge >= 0.3 is 5.76 Å². The fraction of sp³-hybridized carbons (Fsp3) is 0.440. The zero-order valence-electron chi connectivity index (χ0n) is 19.9. The van der Waals surface area contributed by atoms with Crippen molar-refractivity contribution in [3.8, 4) is 0 Å². The maximum Gasteiger partial charge on any atom is 0.459 e. The molecule has 0 unspecified atom stereocenters. The summed E-state index contributed by atoms with van der Waals surface area (Å²) in [5.41, 5.74) is 12.2. The smallest absolute Gasteiger partial charge is 0.318 e. The van der Waals surface area contributed by atoms with E-state index in [0.717, 1.165) is 35.1 Å². The third-order valence-electron chi connectivity index (χ3n) is 6.42. The molecule has 1 heterocycles. The van der Waals surface area contributed by atoms with Crippen LogP contribution < -0.4 is 16.7 Å². The highest BCUT2D eigenvalue weighted by Gasteiger charge is 2.42. The number of hydrogen-bond donors (Lipinski definition) is 2. The van der Waals surface area contributed by atoms with Gasteiger partial charge < -0.3 is 14.2 Å². The molecule has 2 aromatic carbocycles. The number of hydrogen-bond acceptors (Lipinski definition) is 7. The Kier molecular flexibility index (Phi) is 6.81. The first kappa shape index (κ1) is 23.4. The van der Waals surface area contributed by atoms with Crippen LogP contribution >= 0.6 is 0 Å². The van der Waals surface area contributed by atoms with E-state index in [1.807, 2.05) is 13.8 Å². The van der Waals surface area contributed by atoms with Crippen molar-refractivity contribution in [1.29, 1.82) is 0 Å². The van der Waals surface area contributed by atoms with E-state index in [1.54, 1.807) is 19.0 Å². The van der Waals surface area contributed by atoms with Gasteiger partial charge in [0.05, 0.1) is 25.7 Å². The van der Waals surface area contributed by atoms with Crippen LogP contribution in [-0.4, -0.2) is 23.9 Å². The van der Waals surface area contributed by atoms with E-state index < -0.39 is 11.2 Å². The Morgan fingerprint density at radius 3 is 1.97 bits per heavy atom. The molecule has 1 aromatic heterocycles. The van der Waals surface area contributed by atoms with Crippen LogP contribution in [0.2, 0.25) is 0 Å². The second-order valence-electron chi connectivity index (χ2n) is 8.87. The fourth-order valence-electron chi connectivity index (χ4n) is 4.84. The quantitative estimate of drug-likeness (QED) is 0.507. The summed E-state index contributed by atoms with van der Waals surface area (Å²) in [4.78, 5) is 26.8. The number of benzene rings is 2. The van der Waals surface area contributed by atoms with Gasteiger partial charge in [-0.25, -0.2) is 4.79 Å². The van der Waals surface area contributed by atoms with Crippen molar-refractivity contribution in [3.63, 3.8) is 0 Å². The van der Waals surface area contributed by atoms with E-state index in [0.29, 0.717) is 18.9 Å². The van der Waals surface area contributed by atoms with Gasteiger partial charge in [-0.1, -0.05) is 36.4 Å². The van der Waals surface area contributed by atoms with E-state index in [4.69, 9.17) is 14.2 Å². The summed E-state index contributed by atoms with van der Waals surface area (Å²) < 4.78 is 7.17. The average molecular weight is 453 g/mol. The highest BCUT2D eigenvalue weighted by atomic mass is 16.6. The fourth-order valence-corrected chi connectivity index (χ4v) is 4.84. The normalized spacial score (nSPS) is 14.7. The molecule has 176 valence electrons. The molecule has 8 heteroatoms. The molecule has 0 bridgehead atoms. The predicted molar refractivity (Wildman–Crippen MR) is 125 cm³/mol. The van der Waals surface area contributed by atoms with Crippen LogP contribution in [0.1, 0.15) is 66.0 Å². The summed E-state index contributed by atoms with van der Waals surface area (Å²) >= 11 is 0. The standard InChI is InChI=1S/C25H32N4O4/c1-16(2)29-23(28-24(30)33-29)25(3)21-10-6-17(14-26-31-4)12-19(21)8-9-20-13-18(15-27-32-5)7-11-22(20)25/h6-7,10-13,16,26-27H,8-9,14-15H2,1-5H3. The molecule has 0 fully saturated rings. The maximum absolute atomic E-state index is 12.3. The first-order valence-corrected chi connectivity index (χ1v) is 11.2. The third kappa shape index (κ3) is 4.39. The second-order valence-corrected chi connectivity index (χ2v) is 8.87. The van der Waals surface area contributed by atoms with Crippen molar-refractivity contribution in [2.75, 3.05) is 14.2 Å². The molecule has 2 N–H and O–H groups in total. The summed E-state index contributed by atoms with van der Waals surface area (Å²) in [6, 6.07) is 12.9. The van der Waals surface area contributed by atoms with Gasteiger partial charge in [-0.05, 0) is 67.0 Å². The highest BCUT2D eigenvalue weighted by molar-refractivity contribution is 5.55. The largest absolute Gasteiger partial charge is 0.459 e. The number of nitrogens with one attached hydrogen (secondary N) is 2. The molecule has 0 saturated carbocycles. The molecular formula is C25H32N4O4. The van der Waals surface area contributed by atoms with Crippen molar-refractivity contribution in [3.05, 3.63) is 86.2 Å². The molecule has 33 heavy (non-hydrogen) atoms. The van der Waals surface area contributed by atoms with Crippen molar-refractivity contribution in [2.24, 2.45) is 0 Å². The number of fused-ring (bicyclic) bond motifs is 2. The summed E-state index contributed by atoms with van der Waals surface area (Å²) in [6.45, 7) is 7.36. The summed E-state index contributed by atoms with van der Waals surface area (Å²) in [5, 5.41) is 0. The Hall–Kier alpha value is -2.78. The molecule has 0 amide bonds. The van der Waals surface area contributed by atoms with Crippen molar-refractivity contribution >= 4 is 0 Å². The molecule has 0 radical (unpaired) electrons. The summed E-state index contributed by atoms with van der Waals surface area (Å²) in [6.07, 6.45) is 1.76. The van der Waals surface area contributed by atoms with E-state index in [1.165, 1.54) is 11.1 Å². The van der Waals surface area contributed by atoms with E-state index in [2.05, 4.69) is 59.3 Å². The lowest BCUT2D eigenvalue weighted by molar-refractivity contribution is 0.0866. The monoisotopic (exact) mass is 452 g/mol. The number of aryl methyl sites for hydroxylation is 2. The lowest BCUT2D eigenvalue weighted by Crippen LogP contribution is -2.32. The van der Waals surface area contributed by atoms with Gasteiger partial charge in [-0.15, -0.1) is 0 Å². The Balaban J connectivity index is 1.94. The van der Waals surface area contributed by atoms with E-state index in [9.17, 15) is 4.79 Å². The first-order valence-electron chi connectivity index (χ1n) is 11.2. The van der Waals surface area contributed by atoms with E-state index in [-0.39, 0.29) is 6.04 Å². The zero-order chi connectivity index (χ0) is 23.6. The van der Waals surface area contributed by atoms with Gasteiger partial charge in [0, 0.05) is 13.1 Å². The van der Waals surface area contributed by atoms with Crippen molar-refractivity contribution < 1.29 is 14.2 Å². The Bertz CT molecular complexity index is 1120. The van der Waals surface area contributed by atoms with E-state index >= 15 is 0 Å². The molecule has 3 aromatic rings. The SMILES string of the molecule is CONCc1ccc2c(c1)CCc1cc(CNOC)ccc1C2(C)c1nc(=O)on1C(C)C. The minimum atomic E-state index is -0.655. The molecule has 0 atom stereocenters. The van der Waals surface area contributed by atoms with Gasteiger partial charge in [0.2, 0.25) is 0 Å². The van der Waals surface area contributed by atoms with Gasteiger partial charge in [0.1, 0.15) is 0 Å². The maximum atomic E-state index is 12.3. The van der Waals surface area contributed by atoms with Crippen LogP contribution in [0.15, 0.2) is 45.7 Å². The molecule has 4 rings (SSSR count). The molecule has 0 spiro atoms. The lowest BCUT2D eigenvalue weighted by Gasteiger charge is -2.32. The highest BCUT2D eigenvalue weighted by Crippen LogP contribution is 2.44. The summed E-state index contributed by atoms with van der Waals surface area (Å²) in [7, 11) is 3.23. The third-order valence-corrected chi connectivity index (χ3v) is 6.42. The molecule has 1 aliphatic rings. The molecular weight excluding hydrogens is 420 g/mol. The van der Waals surface area contributed by atoms with Crippen LogP contribution in [0.5, 0.6) is 0 Å². The minimum Gasteiger partial charge on any atom is -0.318 e. The minimum absolute atomic E-state index is 0.0440. The average Bonchev–Trinajstić information content (AvgIpc) is 3.17. The van der Waals surface area contributed by atoms with Crippen LogP contribution in [0, 0.1) is 0 Å². The van der Waals surface area contributed by atoms with Crippen molar-refractivity contribution in [2.45, 2.75) is 58.2 Å². The molecule has 0 saturated heterocycles. The summed E-state index contributed by atoms with van der Waals surface area (Å²) in [5.74, 6) is 0.0477. The van der Waals surface area contributed by atoms with Crippen molar-refractivity contribution in [1.82, 2.24) is 20.7 Å². The van der Waals surface area contributed by atoms with Gasteiger partial charge in [0.15, 0.2) is 5.82 Å². The topological polar surface area (TPSA) is 90.5 Å². The number of nitrogens with zero attached hydrogens (tertiary/aromatic N) is 2. The first-order chi connectivity index (χ1) is 15.9. The molecule has 1 aliphatic carbocycles. The lowest BCUT2D eigenvalue weighted by atomic mass is 9.72. The van der Waals surface area contributed by atoms with Crippen LogP contribution in [0.3, 0.4) is 0 Å². The second kappa shape index (κ2) is 9.61. The van der Waals surface area contributed by atoms with Gasteiger partial charge in [-0.2, -0.15) is 20.7 Å². The zero-order valence-corrected chi connectivity index (χ0v) is 19.9. The van der Waals surface area contributed by atoms with Gasteiger partial charge in [-0.3, -0.25) is 0 Å². The number of hydroxylamine groups is 2. The number of aromatic nitrogens is 2. The Morgan fingerprint density at radius 2 is 1.52 bits per heavy atom. The molecule has 0 aliphatic heterocycles. The predicted octanol–water partition coefficient (Wildman–Crippen LogP) is 3.17. The van der Waals surface area contributed by atoms with Crippen LogP contribution in [0.4, 0.5) is 0 Å². The molecule has 8 nitrogen and oxygen atoms in total. The van der Waals surface area contributed by atoms with Crippen LogP contribution in [0.25, 0.3) is 0 Å².